The molecule has 0 radical (unpaired) electrons. The number of aldehydes is 1. The van der Waals surface area contributed by atoms with Gasteiger partial charge < -0.3 is 4.74 Å². The summed E-state index contributed by atoms with van der Waals surface area (Å²) in [5.41, 5.74) is -0.663. The van der Waals surface area contributed by atoms with Crippen LogP contribution in [0.4, 0.5) is 0 Å². The van der Waals surface area contributed by atoms with Crippen LogP contribution in [0.5, 0.6) is 0 Å². The van der Waals surface area contributed by atoms with Crippen LogP contribution in [-0.2, 0) is 19.1 Å². The summed E-state index contributed by atoms with van der Waals surface area (Å²) in [7, 11) is 0. The Balaban J connectivity index is 2.89. The molecule has 4 nitrogen and oxygen atoms in total. The molecule has 0 amide bonds. The standard InChI is InChI=1S/C11H14O4/c1-3-15-10(14)11(2)5-4-8(7-12)6-9(11)13/h6-7H,3-5H2,1-2H3. The van der Waals surface area contributed by atoms with Gasteiger partial charge in [0.25, 0.3) is 0 Å². The molecule has 4 heteroatoms. The average Bonchev–Trinajstić information content (AvgIpc) is 2.22. The summed E-state index contributed by atoms with van der Waals surface area (Å²) >= 11 is 0. The summed E-state index contributed by atoms with van der Waals surface area (Å²) < 4.78 is 4.85. The lowest BCUT2D eigenvalue weighted by atomic mass is 9.76. The van der Waals surface area contributed by atoms with Crippen LogP contribution in [0.25, 0.3) is 0 Å². The fourth-order valence-electron chi connectivity index (χ4n) is 1.50. The minimum atomic E-state index is -1.11. The monoisotopic (exact) mass is 210 g/mol. The lowest BCUT2D eigenvalue weighted by Crippen LogP contribution is -2.39. The second-order valence-corrected chi connectivity index (χ2v) is 3.75. The van der Waals surface area contributed by atoms with Gasteiger partial charge in [0.05, 0.1) is 6.61 Å². The molecule has 0 spiro atoms. The van der Waals surface area contributed by atoms with Crippen molar-refractivity contribution < 1.29 is 19.1 Å². The van der Waals surface area contributed by atoms with Gasteiger partial charge in [-0.2, -0.15) is 0 Å². The summed E-state index contributed by atoms with van der Waals surface area (Å²) in [6.07, 6.45) is 2.69. The van der Waals surface area contributed by atoms with Crippen molar-refractivity contribution in [1.29, 1.82) is 0 Å². The van der Waals surface area contributed by atoms with Crippen LogP contribution in [0, 0.1) is 5.41 Å². The molecule has 0 heterocycles. The first kappa shape index (κ1) is 11.6. The summed E-state index contributed by atoms with van der Waals surface area (Å²) in [6, 6.07) is 0. The van der Waals surface area contributed by atoms with Crippen molar-refractivity contribution in [3.8, 4) is 0 Å². The quantitative estimate of drug-likeness (QED) is 0.397. The number of esters is 1. The number of rotatable bonds is 3. The predicted molar refractivity (Wildman–Crippen MR) is 53.1 cm³/mol. The zero-order chi connectivity index (χ0) is 11.5. The molecule has 0 N–H and O–H groups in total. The number of allylic oxidation sites excluding steroid dienone is 2. The Morgan fingerprint density at radius 1 is 1.67 bits per heavy atom. The molecule has 0 aromatic carbocycles. The highest BCUT2D eigenvalue weighted by Gasteiger charge is 2.43. The maximum absolute atomic E-state index is 11.7. The highest BCUT2D eigenvalue weighted by molar-refractivity contribution is 6.11. The Kier molecular flexibility index (Phi) is 3.39. The topological polar surface area (TPSA) is 60.4 Å². The van der Waals surface area contributed by atoms with Gasteiger partial charge >= 0.3 is 5.97 Å². The first-order valence-corrected chi connectivity index (χ1v) is 4.92. The van der Waals surface area contributed by atoms with Gasteiger partial charge in [-0.1, -0.05) is 0 Å². The first-order chi connectivity index (χ1) is 7.04. The van der Waals surface area contributed by atoms with Gasteiger partial charge in [0.15, 0.2) is 5.78 Å². The Hall–Kier alpha value is -1.45. The number of ether oxygens (including phenoxy) is 1. The molecule has 0 bridgehead atoms. The molecule has 0 aromatic rings. The van der Waals surface area contributed by atoms with Gasteiger partial charge in [0.1, 0.15) is 11.7 Å². The van der Waals surface area contributed by atoms with Crippen LogP contribution in [0.1, 0.15) is 26.7 Å². The lowest BCUT2D eigenvalue weighted by molar-refractivity contribution is -0.158. The van der Waals surface area contributed by atoms with Gasteiger partial charge in [-0.05, 0) is 38.3 Å². The van der Waals surface area contributed by atoms with Gasteiger partial charge in [-0.3, -0.25) is 14.4 Å². The smallest absolute Gasteiger partial charge is 0.319 e. The van der Waals surface area contributed by atoms with Crippen molar-refractivity contribution >= 4 is 18.0 Å². The zero-order valence-corrected chi connectivity index (χ0v) is 8.91. The maximum atomic E-state index is 11.7. The average molecular weight is 210 g/mol. The van der Waals surface area contributed by atoms with Gasteiger partial charge in [0, 0.05) is 0 Å². The lowest BCUT2D eigenvalue weighted by Gasteiger charge is -2.27. The number of carbonyl (C=O) groups is 3. The number of ketones is 1. The molecule has 1 aliphatic rings. The highest BCUT2D eigenvalue weighted by atomic mass is 16.5. The second kappa shape index (κ2) is 4.38. The van der Waals surface area contributed by atoms with Crippen molar-refractivity contribution in [2.24, 2.45) is 5.41 Å². The Bertz CT molecular complexity index is 329. The third kappa shape index (κ3) is 2.14. The number of hydrogen-bond donors (Lipinski definition) is 0. The van der Waals surface area contributed by atoms with Crippen LogP contribution in [0.2, 0.25) is 0 Å². The van der Waals surface area contributed by atoms with Crippen molar-refractivity contribution in [2.75, 3.05) is 6.61 Å². The number of carbonyl (C=O) groups excluding carboxylic acids is 3. The van der Waals surface area contributed by atoms with E-state index in [-0.39, 0.29) is 12.4 Å². The van der Waals surface area contributed by atoms with Crippen LogP contribution in [-0.4, -0.2) is 24.6 Å². The molecule has 0 saturated carbocycles. The van der Waals surface area contributed by atoms with Crippen molar-refractivity contribution in [3.05, 3.63) is 11.6 Å². The Morgan fingerprint density at radius 3 is 2.80 bits per heavy atom. The Labute approximate surface area is 88.3 Å². The van der Waals surface area contributed by atoms with E-state index < -0.39 is 11.4 Å². The molecule has 0 aromatic heterocycles. The fourth-order valence-corrected chi connectivity index (χ4v) is 1.50. The van der Waals surface area contributed by atoms with Crippen LogP contribution < -0.4 is 0 Å². The van der Waals surface area contributed by atoms with Crippen molar-refractivity contribution in [3.63, 3.8) is 0 Å². The maximum Gasteiger partial charge on any atom is 0.319 e. The summed E-state index contributed by atoms with van der Waals surface area (Å²) in [4.78, 5) is 33.7. The molecule has 0 saturated heterocycles. The van der Waals surface area contributed by atoms with Gasteiger partial charge in [0.2, 0.25) is 0 Å². The molecular weight excluding hydrogens is 196 g/mol. The van der Waals surface area contributed by atoms with E-state index in [9.17, 15) is 14.4 Å². The fraction of sp³-hybridized carbons (Fsp3) is 0.545. The summed E-state index contributed by atoms with van der Waals surface area (Å²) in [6.45, 7) is 3.51. The Morgan fingerprint density at radius 2 is 2.33 bits per heavy atom. The SMILES string of the molecule is CCOC(=O)C1(C)CCC(C=O)=CC1=O. The van der Waals surface area contributed by atoms with E-state index in [1.807, 2.05) is 0 Å². The zero-order valence-electron chi connectivity index (χ0n) is 8.91. The molecule has 82 valence electrons. The van der Waals surface area contributed by atoms with Crippen LogP contribution in [0.15, 0.2) is 11.6 Å². The van der Waals surface area contributed by atoms with E-state index in [1.165, 1.54) is 6.08 Å². The van der Waals surface area contributed by atoms with Crippen LogP contribution >= 0.6 is 0 Å². The minimum Gasteiger partial charge on any atom is -0.465 e. The molecular formula is C11H14O4. The molecule has 1 unspecified atom stereocenters. The minimum absolute atomic E-state index is 0.256. The third-order valence-corrected chi connectivity index (χ3v) is 2.65. The van der Waals surface area contributed by atoms with E-state index in [2.05, 4.69) is 0 Å². The van der Waals surface area contributed by atoms with E-state index >= 15 is 0 Å². The van der Waals surface area contributed by atoms with Gasteiger partial charge in [-0.25, -0.2) is 0 Å². The van der Waals surface area contributed by atoms with Gasteiger partial charge in [-0.15, -0.1) is 0 Å². The highest BCUT2D eigenvalue weighted by Crippen LogP contribution is 2.32. The molecule has 0 aliphatic heterocycles. The van der Waals surface area contributed by atoms with Crippen LogP contribution in [0.3, 0.4) is 0 Å². The molecule has 1 aliphatic carbocycles. The normalized spacial score (nSPS) is 25.7. The molecule has 15 heavy (non-hydrogen) atoms. The van der Waals surface area contributed by atoms with E-state index in [0.29, 0.717) is 24.7 Å². The molecule has 1 atom stereocenters. The molecule has 1 rings (SSSR count). The van der Waals surface area contributed by atoms with E-state index in [4.69, 9.17) is 4.74 Å². The second-order valence-electron chi connectivity index (χ2n) is 3.75. The van der Waals surface area contributed by atoms with Crippen molar-refractivity contribution in [1.82, 2.24) is 0 Å². The third-order valence-electron chi connectivity index (χ3n) is 2.65. The van der Waals surface area contributed by atoms with Crippen molar-refractivity contribution in [2.45, 2.75) is 26.7 Å². The first-order valence-electron chi connectivity index (χ1n) is 4.92. The summed E-state index contributed by atoms with van der Waals surface area (Å²) in [5.74, 6) is -0.842. The largest absolute Gasteiger partial charge is 0.465 e. The van der Waals surface area contributed by atoms with E-state index in [0.717, 1.165) is 0 Å². The molecule has 0 fully saturated rings. The summed E-state index contributed by atoms with van der Waals surface area (Å²) in [5, 5.41) is 0. The number of hydrogen-bond acceptors (Lipinski definition) is 4. The predicted octanol–water partition coefficient (Wildman–Crippen LogP) is 1.04. The van der Waals surface area contributed by atoms with E-state index in [1.54, 1.807) is 13.8 Å².